The van der Waals surface area contributed by atoms with Crippen LogP contribution in [0.15, 0.2) is 59.5 Å². The van der Waals surface area contributed by atoms with Crippen molar-refractivity contribution in [2.24, 2.45) is 5.92 Å². The summed E-state index contributed by atoms with van der Waals surface area (Å²) in [7, 11) is 0. The van der Waals surface area contributed by atoms with Crippen LogP contribution in [-0.2, 0) is 11.2 Å². The molecule has 4 rings (SSSR count). The van der Waals surface area contributed by atoms with Gasteiger partial charge < -0.3 is 4.90 Å². The van der Waals surface area contributed by atoms with Gasteiger partial charge in [-0.2, -0.15) is 0 Å². The first-order valence-electron chi connectivity index (χ1n) is 9.16. The molecule has 0 spiro atoms. The number of thioether (sulfide) groups is 1. The van der Waals surface area contributed by atoms with Gasteiger partial charge in [0.1, 0.15) is 0 Å². The molecule has 0 saturated carbocycles. The second-order valence-corrected chi connectivity index (χ2v) is 9.44. The van der Waals surface area contributed by atoms with Gasteiger partial charge in [-0.15, -0.1) is 11.8 Å². The third-order valence-corrected chi connectivity index (χ3v) is 6.79. The van der Waals surface area contributed by atoms with E-state index in [1.807, 2.05) is 18.2 Å². The molecule has 3 heteroatoms. The van der Waals surface area contributed by atoms with Gasteiger partial charge in [0.15, 0.2) is 0 Å². The Hall–Kier alpha value is -1.74. The largest absolute Gasteiger partial charge is 0.341 e. The SMILES string of the molecule is CC(C)(Sc1ccccc1)C(=O)N1CC2CCc3ccccc3C2C1. The third kappa shape index (κ3) is 3.22. The van der Waals surface area contributed by atoms with Crippen LogP contribution in [0.3, 0.4) is 0 Å². The molecule has 2 aliphatic rings. The summed E-state index contributed by atoms with van der Waals surface area (Å²) in [4.78, 5) is 16.5. The lowest BCUT2D eigenvalue weighted by atomic mass is 9.77. The Kier molecular flexibility index (Phi) is 4.36. The van der Waals surface area contributed by atoms with Gasteiger partial charge in [-0.3, -0.25) is 4.79 Å². The molecule has 2 aromatic rings. The molecular formula is C22H25NOS. The van der Waals surface area contributed by atoms with Crippen molar-refractivity contribution >= 4 is 17.7 Å². The van der Waals surface area contributed by atoms with Gasteiger partial charge in [0.2, 0.25) is 5.91 Å². The maximum Gasteiger partial charge on any atom is 0.238 e. The number of hydrogen-bond donors (Lipinski definition) is 0. The van der Waals surface area contributed by atoms with Crippen LogP contribution in [0.25, 0.3) is 0 Å². The van der Waals surface area contributed by atoms with E-state index in [-0.39, 0.29) is 5.91 Å². The molecule has 2 aromatic carbocycles. The van der Waals surface area contributed by atoms with Crippen molar-refractivity contribution in [1.29, 1.82) is 0 Å². The fourth-order valence-electron chi connectivity index (χ4n) is 4.35. The summed E-state index contributed by atoms with van der Waals surface area (Å²) in [6, 6.07) is 19.0. The zero-order valence-electron chi connectivity index (χ0n) is 14.9. The van der Waals surface area contributed by atoms with Gasteiger partial charge in [-0.25, -0.2) is 0 Å². The summed E-state index contributed by atoms with van der Waals surface area (Å²) in [5, 5.41) is 0. The molecule has 1 heterocycles. The van der Waals surface area contributed by atoms with E-state index in [1.54, 1.807) is 11.8 Å². The lowest BCUT2D eigenvalue weighted by Crippen LogP contribution is -2.42. The van der Waals surface area contributed by atoms with Gasteiger partial charge in [0.25, 0.3) is 0 Å². The van der Waals surface area contributed by atoms with Crippen LogP contribution < -0.4 is 0 Å². The fraction of sp³-hybridized carbons (Fsp3) is 0.409. The monoisotopic (exact) mass is 351 g/mol. The van der Waals surface area contributed by atoms with Crippen LogP contribution in [0, 0.1) is 5.92 Å². The standard InChI is InChI=1S/C22H25NOS/c1-22(2,25-18-9-4-3-5-10-18)21(24)23-14-17-13-12-16-8-6-7-11-19(16)20(17)15-23/h3-11,17,20H,12-15H2,1-2H3. The lowest BCUT2D eigenvalue weighted by molar-refractivity contribution is -0.132. The second-order valence-electron chi connectivity index (χ2n) is 7.74. The van der Waals surface area contributed by atoms with Crippen molar-refractivity contribution in [3.63, 3.8) is 0 Å². The van der Waals surface area contributed by atoms with E-state index in [1.165, 1.54) is 17.5 Å². The predicted molar refractivity (Wildman–Crippen MR) is 104 cm³/mol. The Morgan fingerprint density at radius 2 is 1.76 bits per heavy atom. The molecule has 2 nitrogen and oxygen atoms in total. The molecule has 1 aliphatic carbocycles. The van der Waals surface area contributed by atoms with E-state index >= 15 is 0 Å². The van der Waals surface area contributed by atoms with E-state index in [2.05, 4.69) is 55.1 Å². The van der Waals surface area contributed by atoms with Crippen LogP contribution >= 0.6 is 11.8 Å². The first-order chi connectivity index (χ1) is 12.0. The van der Waals surface area contributed by atoms with Gasteiger partial charge in [0, 0.05) is 23.9 Å². The van der Waals surface area contributed by atoms with Crippen molar-refractivity contribution in [3.05, 3.63) is 65.7 Å². The van der Waals surface area contributed by atoms with Crippen molar-refractivity contribution in [2.75, 3.05) is 13.1 Å². The lowest BCUT2D eigenvalue weighted by Gasteiger charge is -2.29. The van der Waals surface area contributed by atoms with Crippen LogP contribution in [0.2, 0.25) is 0 Å². The van der Waals surface area contributed by atoms with Crippen molar-refractivity contribution in [3.8, 4) is 0 Å². The van der Waals surface area contributed by atoms with Gasteiger partial charge in [-0.05, 0) is 55.9 Å². The van der Waals surface area contributed by atoms with Crippen molar-refractivity contribution in [2.45, 2.75) is 42.2 Å². The first-order valence-corrected chi connectivity index (χ1v) is 9.97. The highest BCUT2D eigenvalue weighted by Crippen LogP contribution is 2.43. The minimum atomic E-state index is -0.436. The van der Waals surface area contributed by atoms with E-state index < -0.39 is 4.75 Å². The Morgan fingerprint density at radius 1 is 1.04 bits per heavy atom. The smallest absolute Gasteiger partial charge is 0.238 e. The van der Waals surface area contributed by atoms with Gasteiger partial charge in [-0.1, -0.05) is 42.5 Å². The Balaban J connectivity index is 1.51. The molecule has 0 radical (unpaired) electrons. The average molecular weight is 352 g/mol. The number of aryl methyl sites for hydroxylation is 1. The highest BCUT2D eigenvalue weighted by Gasteiger charge is 2.43. The third-order valence-electron chi connectivity index (χ3n) is 5.60. The molecular weight excluding hydrogens is 326 g/mol. The van der Waals surface area contributed by atoms with Gasteiger partial charge >= 0.3 is 0 Å². The maximum atomic E-state index is 13.2. The number of benzene rings is 2. The first kappa shape index (κ1) is 16.7. The van der Waals surface area contributed by atoms with E-state index in [9.17, 15) is 4.79 Å². The minimum absolute atomic E-state index is 0.272. The molecule has 2 atom stereocenters. The zero-order valence-corrected chi connectivity index (χ0v) is 15.8. The number of rotatable bonds is 3. The van der Waals surface area contributed by atoms with Crippen LogP contribution in [0.5, 0.6) is 0 Å². The van der Waals surface area contributed by atoms with Crippen LogP contribution in [-0.4, -0.2) is 28.6 Å². The summed E-state index contributed by atoms with van der Waals surface area (Å²) < 4.78 is -0.436. The molecule has 2 unspecified atom stereocenters. The highest BCUT2D eigenvalue weighted by atomic mass is 32.2. The molecule has 1 amide bonds. The number of amides is 1. The molecule has 1 saturated heterocycles. The molecule has 1 fully saturated rings. The second kappa shape index (κ2) is 6.53. The number of carbonyl (C=O) groups is 1. The van der Waals surface area contributed by atoms with E-state index in [0.717, 1.165) is 24.4 Å². The average Bonchev–Trinajstić information content (AvgIpc) is 3.06. The summed E-state index contributed by atoms with van der Waals surface area (Å²) in [6.07, 6.45) is 2.36. The number of fused-ring (bicyclic) bond motifs is 3. The molecule has 0 aromatic heterocycles. The molecule has 130 valence electrons. The number of carbonyl (C=O) groups excluding carboxylic acids is 1. The quantitative estimate of drug-likeness (QED) is 0.744. The summed E-state index contributed by atoms with van der Waals surface area (Å²) in [6.45, 7) is 5.90. The Labute approximate surface area is 154 Å². The molecule has 0 N–H and O–H groups in total. The van der Waals surface area contributed by atoms with Gasteiger partial charge in [0.05, 0.1) is 4.75 Å². The number of nitrogens with zero attached hydrogens (tertiary/aromatic N) is 1. The highest BCUT2D eigenvalue weighted by molar-refractivity contribution is 8.01. The molecule has 0 bridgehead atoms. The Morgan fingerprint density at radius 3 is 2.56 bits per heavy atom. The topological polar surface area (TPSA) is 20.3 Å². The summed E-state index contributed by atoms with van der Waals surface area (Å²) in [5.41, 5.74) is 2.96. The minimum Gasteiger partial charge on any atom is -0.341 e. The van der Waals surface area contributed by atoms with E-state index in [4.69, 9.17) is 0 Å². The summed E-state index contributed by atoms with van der Waals surface area (Å²) >= 11 is 1.67. The fourth-order valence-corrected chi connectivity index (χ4v) is 5.45. The van der Waals surface area contributed by atoms with Crippen LogP contribution in [0.4, 0.5) is 0 Å². The molecule has 1 aliphatic heterocycles. The number of hydrogen-bond acceptors (Lipinski definition) is 2. The van der Waals surface area contributed by atoms with Crippen LogP contribution in [0.1, 0.15) is 37.3 Å². The Bertz CT molecular complexity index is 771. The summed E-state index contributed by atoms with van der Waals surface area (Å²) in [5.74, 6) is 1.41. The number of likely N-dealkylation sites (tertiary alicyclic amines) is 1. The maximum absolute atomic E-state index is 13.2. The predicted octanol–water partition coefficient (Wildman–Crippen LogP) is 4.75. The zero-order chi connectivity index (χ0) is 17.4. The normalized spacial score (nSPS) is 22.4. The van der Waals surface area contributed by atoms with E-state index in [0.29, 0.717) is 11.8 Å². The van der Waals surface area contributed by atoms with Crippen molar-refractivity contribution in [1.82, 2.24) is 4.90 Å². The molecule has 25 heavy (non-hydrogen) atoms. The van der Waals surface area contributed by atoms with Crippen molar-refractivity contribution < 1.29 is 4.79 Å².